The van der Waals surface area contributed by atoms with Crippen LogP contribution in [0.2, 0.25) is 0 Å². The first-order valence-corrected chi connectivity index (χ1v) is 5.65. The molecule has 0 spiro atoms. The number of hydrogen-bond acceptors (Lipinski definition) is 5. The summed E-state index contributed by atoms with van der Waals surface area (Å²) in [6.45, 7) is 0. The number of esters is 1. The largest absolute Gasteiger partial charge is 0.507 e. The van der Waals surface area contributed by atoms with Crippen LogP contribution < -0.4 is 4.74 Å². The summed E-state index contributed by atoms with van der Waals surface area (Å²) in [6, 6.07) is 4.90. The highest BCUT2D eigenvalue weighted by Crippen LogP contribution is 2.27. The first-order valence-electron chi connectivity index (χ1n) is 4.86. The Labute approximate surface area is 112 Å². The molecule has 18 heavy (non-hydrogen) atoms. The SMILES string of the molecule is COC(=O)C(=O)/C=C(\O)c1cc(Br)ccc1OC. The minimum atomic E-state index is -1.05. The van der Waals surface area contributed by atoms with Gasteiger partial charge in [0.2, 0.25) is 0 Å². The fourth-order valence-electron chi connectivity index (χ4n) is 1.24. The summed E-state index contributed by atoms with van der Waals surface area (Å²) in [5.74, 6) is -1.99. The summed E-state index contributed by atoms with van der Waals surface area (Å²) in [6.07, 6.45) is 0.788. The van der Waals surface area contributed by atoms with Gasteiger partial charge in [-0.3, -0.25) is 4.79 Å². The lowest BCUT2D eigenvalue weighted by atomic mass is 10.1. The molecule has 0 bridgehead atoms. The number of methoxy groups -OCH3 is 2. The molecule has 0 heterocycles. The Bertz CT molecular complexity index is 507. The topological polar surface area (TPSA) is 72.8 Å². The quantitative estimate of drug-likeness (QED) is 0.399. The minimum absolute atomic E-state index is 0.295. The van der Waals surface area contributed by atoms with Crippen LogP contribution >= 0.6 is 15.9 Å². The molecule has 0 saturated heterocycles. The molecule has 0 aliphatic rings. The molecular weight excluding hydrogens is 304 g/mol. The van der Waals surface area contributed by atoms with Gasteiger partial charge in [0.05, 0.1) is 19.8 Å². The number of ether oxygens (including phenoxy) is 2. The zero-order valence-electron chi connectivity index (χ0n) is 9.77. The standard InChI is InChI=1S/C12H11BrO5/c1-17-11-4-3-7(13)5-8(11)9(14)6-10(15)12(16)18-2/h3-6,14H,1-2H3/b9-6-. The second-order valence-electron chi connectivity index (χ2n) is 3.23. The van der Waals surface area contributed by atoms with Crippen molar-refractivity contribution in [1.29, 1.82) is 0 Å². The van der Waals surface area contributed by atoms with E-state index in [0.717, 1.165) is 13.2 Å². The van der Waals surface area contributed by atoms with E-state index in [2.05, 4.69) is 20.7 Å². The average Bonchev–Trinajstić information content (AvgIpc) is 2.37. The Morgan fingerprint density at radius 2 is 2.00 bits per heavy atom. The molecular formula is C12H11BrO5. The van der Waals surface area contributed by atoms with Crippen molar-refractivity contribution in [3.63, 3.8) is 0 Å². The lowest BCUT2D eigenvalue weighted by molar-refractivity contribution is -0.149. The number of aliphatic hydroxyl groups excluding tert-OH is 1. The fraction of sp³-hybridized carbons (Fsp3) is 0.167. The summed E-state index contributed by atoms with van der Waals surface area (Å²) in [7, 11) is 2.52. The minimum Gasteiger partial charge on any atom is -0.507 e. The highest BCUT2D eigenvalue weighted by atomic mass is 79.9. The third kappa shape index (κ3) is 3.33. The summed E-state index contributed by atoms with van der Waals surface area (Å²) >= 11 is 3.23. The monoisotopic (exact) mass is 314 g/mol. The number of halogens is 1. The van der Waals surface area contributed by atoms with E-state index < -0.39 is 11.8 Å². The maximum Gasteiger partial charge on any atom is 0.378 e. The smallest absolute Gasteiger partial charge is 0.378 e. The Morgan fingerprint density at radius 3 is 2.56 bits per heavy atom. The van der Waals surface area contributed by atoms with Crippen molar-refractivity contribution in [2.24, 2.45) is 0 Å². The number of aliphatic hydroxyl groups is 1. The van der Waals surface area contributed by atoms with E-state index in [1.165, 1.54) is 7.11 Å². The van der Waals surface area contributed by atoms with Crippen LogP contribution in [-0.2, 0) is 14.3 Å². The number of carbonyl (C=O) groups excluding carboxylic acids is 2. The van der Waals surface area contributed by atoms with E-state index in [1.807, 2.05) is 0 Å². The molecule has 0 saturated carbocycles. The molecule has 0 unspecified atom stereocenters. The Kier molecular flexibility index (Phi) is 4.91. The highest BCUT2D eigenvalue weighted by molar-refractivity contribution is 9.10. The predicted octanol–water partition coefficient (Wildman–Crippen LogP) is 2.10. The number of benzene rings is 1. The molecule has 0 aliphatic carbocycles. The van der Waals surface area contributed by atoms with E-state index in [-0.39, 0.29) is 5.76 Å². The summed E-state index contributed by atoms with van der Waals surface area (Å²) in [5.41, 5.74) is 0.295. The second kappa shape index (κ2) is 6.20. The van der Waals surface area contributed by atoms with Gasteiger partial charge in [0.25, 0.3) is 5.78 Å². The first kappa shape index (κ1) is 14.2. The van der Waals surface area contributed by atoms with Gasteiger partial charge in [0.1, 0.15) is 11.5 Å². The lowest BCUT2D eigenvalue weighted by Crippen LogP contribution is -2.13. The Morgan fingerprint density at radius 1 is 1.33 bits per heavy atom. The van der Waals surface area contributed by atoms with Crippen LogP contribution in [0.1, 0.15) is 5.56 Å². The van der Waals surface area contributed by atoms with Crippen LogP contribution in [0, 0.1) is 0 Å². The van der Waals surface area contributed by atoms with Crippen LogP contribution in [0.5, 0.6) is 5.75 Å². The molecule has 0 aliphatic heterocycles. The zero-order chi connectivity index (χ0) is 13.7. The molecule has 0 amide bonds. The van der Waals surface area contributed by atoms with Gasteiger partial charge in [0.15, 0.2) is 0 Å². The molecule has 6 heteroatoms. The molecule has 1 aromatic carbocycles. The van der Waals surface area contributed by atoms with Crippen LogP contribution in [0.25, 0.3) is 5.76 Å². The summed E-state index contributed by atoms with van der Waals surface area (Å²) < 4.78 is 9.98. The third-order valence-corrected chi connectivity index (χ3v) is 2.59. The van der Waals surface area contributed by atoms with Crippen molar-refractivity contribution in [1.82, 2.24) is 0 Å². The van der Waals surface area contributed by atoms with Gasteiger partial charge in [-0.2, -0.15) is 0 Å². The van der Waals surface area contributed by atoms with Gasteiger partial charge in [-0.15, -0.1) is 0 Å². The maximum atomic E-state index is 11.3. The number of rotatable bonds is 4. The zero-order valence-corrected chi connectivity index (χ0v) is 11.4. The molecule has 1 aromatic rings. The van der Waals surface area contributed by atoms with Crippen LogP contribution in [-0.4, -0.2) is 31.1 Å². The lowest BCUT2D eigenvalue weighted by Gasteiger charge is -2.07. The van der Waals surface area contributed by atoms with Crippen molar-refractivity contribution in [3.05, 3.63) is 34.3 Å². The van der Waals surface area contributed by atoms with Crippen molar-refractivity contribution in [3.8, 4) is 5.75 Å². The number of carbonyl (C=O) groups is 2. The summed E-state index contributed by atoms with van der Waals surface area (Å²) in [5, 5.41) is 9.80. The molecule has 0 atom stereocenters. The third-order valence-electron chi connectivity index (χ3n) is 2.09. The van der Waals surface area contributed by atoms with Gasteiger partial charge in [-0.1, -0.05) is 15.9 Å². The van der Waals surface area contributed by atoms with Crippen molar-refractivity contribution >= 4 is 33.4 Å². The maximum absolute atomic E-state index is 11.3. The Balaban J connectivity index is 3.13. The number of hydrogen-bond donors (Lipinski definition) is 1. The fourth-order valence-corrected chi connectivity index (χ4v) is 1.60. The molecule has 1 N–H and O–H groups in total. The van der Waals surface area contributed by atoms with Crippen LogP contribution in [0.4, 0.5) is 0 Å². The average molecular weight is 315 g/mol. The molecule has 0 fully saturated rings. The van der Waals surface area contributed by atoms with Gasteiger partial charge in [-0.05, 0) is 18.2 Å². The Hall–Kier alpha value is -1.82. The van der Waals surface area contributed by atoms with E-state index in [9.17, 15) is 14.7 Å². The predicted molar refractivity (Wildman–Crippen MR) is 68.3 cm³/mol. The molecule has 0 radical (unpaired) electrons. The van der Waals surface area contributed by atoms with Gasteiger partial charge >= 0.3 is 5.97 Å². The van der Waals surface area contributed by atoms with Crippen molar-refractivity contribution in [2.45, 2.75) is 0 Å². The first-order chi connectivity index (χ1) is 8.49. The van der Waals surface area contributed by atoms with Gasteiger partial charge in [-0.25, -0.2) is 4.79 Å². The van der Waals surface area contributed by atoms with E-state index >= 15 is 0 Å². The second-order valence-corrected chi connectivity index (χ2v) is 4.15. The van der Waals surface area contributed by atoms with Gasteiger partial charge < -0.3 is 14.6 Å². The van der Waals surface area contributed by atoms with Gasteiger partial charge in [0, 0.05) is 10.5 Å². The molecule has 5 nitrogen and oxygen atoms in total. The summed E-state index contributed by atoms with van der Waals surface area (Å²) in [4.78, 5) is 22.2. The molecule has 96 valence electrons. The van der Waals surface area contributed by atoms with E-state index in [0.29, 0.717) is 15.8 Å². The van der Waals surface area contributed by atoms with Crippen molar-refractivity contribution < 1.29 is 24.2 Å². The number of ketones is 1. The van der Waals surface area contributed by atoms with Crippen LogP contribution in [0.15, 0.2) is 28.7 Å². The normalized spacial score (nSPS) is 10.9. The van der Waals surface area contributed by atoms with E-state index in [4.69, 9.17) is 4.74 Å². The highest BCUT2D eigenvalue weighted by Gasteiger charge is 2.15. The molecule has 0 aromatic heterocycles. The van der Waals surface area contributed by atoms with E-state index in [1.54, 1.807) is 18.2 Å². The van der Waals surface area contributed by atoms with Crippen molar-refractivity contribution in [2.75, 3.05) is 14.2 Å². The van der Waals surface area contributed by atoms with Crippen LogP contribution in [0.3, 0.4) is 0 Å². The molecule has 1 rings (SSSR count).